The smallest absolute Gasteiger partial charge is 0.254 e. The molecular weight excluding hydrogens is 270 g/mol. The highest BCUT2D eigenvalue weighted by molar-refractivity contribution is 5.96. The van der Waals surface area contributed by atoms with E-state index in [1.165, 1.54) is 7.11 Å². The maximum absolute atomic E-state index is 12.7. The van der Waals surface area contributed by atoms with Crippen molar-refractivity contribution in [3.63, 3.8) is 0 Å². The molecule has 2 saturated heterocycles. The molecule has 2 amide bonds. The summed E-state index contributed by atoms with van der Waals surface area (Å²) in [5.41, 5.74) is 6.84. The van der Waals surface area contributed by atoms with Gasteiger partial charge in [0.1, 0.15) is 5.75 Å². The Balaban J connectivity index is 1.84. The molecule has 1 aromatic carbocycles. The van der Waals surface area contributed by atoms with Crippen LogP contribution in [0.5, 0.6) is 5.75 Å². The number of piperidine rings is 1. The van der Waals surface area contributed by atoms with E-state index in [1.807, 2.05) is 0 Å². The summed E-state index contributed by atoms with van der Waals surface area (Å²) in [5, 5.41) is 2.85. The molecule has 3 N–H and O–H groups in total. The molecule has 2 atom stereocenters. The van der Waals surface area contributed by atoms with Crippen LogP contribution >= 0.6 is 0 Å². The van der Waals surface area contributed by atoms with E-state index in [0.29, 0.717) is 30.1 Å². The van der Waals surface area contributed by atoms with E-state index in [2.05, 4.69) is 5.32 Å². The van der Waals surface area contributed by atoms with Crippen molar-refractivity contribution in [2.24, 2.45) is 5.92 Å². The van der Waals surface area contributed by atoms with Gasteiger partial charge in [0.05, 0.1) is 24.8 Å². The maximum Gasteiger partial charge on any atom is 0.254 e. The van der Waals surface area contributed by atoms with Gasteiger partial charge in [0, 0.05) is 18.7 Å². The second-order valence-electron chi connectivity index (χ2n) is 5.52. The zero-order valence-corrected chi connectivity index (χ0v) is 12.0. The zero-order chi connectivity index (χ0) is 15.0. The largest absolute Gasteiger partial charge is 0.495 e. The number of carbonyl (C=O) groups excluding carboxylic acids is 2. The van der Waals surface area contributed by atoms with Crippen LogP contribution in [0.15, 0.2) is 18.2 Å². The molecule has 0 aliphatic carbocycles. The molecule has 2 unspecified atom stereocenters. The number of nitrogen functional groups attached to an aromatic ring is 1. The molecular formula is C15H19N3O3. The minimum atomic E-state index is -0.0736. The number of hydrogen-bond acceptors (Lipinski definition) is 4. The first-order chi connectivity index (χ1) is 10.1. The third-order valence-electron chi connectivity index (χ3n) is 4.34. The van der Waals surface area contributed by atoms with Crippen molar-refractivity contribution in [3.05, 3.63) is 23.8 Å². The van der Waals surface area contributed by atoms with Crippen molar-refractivity contribution in [2.75, 3.05) is 25.9 Å². The number of methoxy groups -OCH3 is 1. The van der Waals surface area contributed by atoms with Crippen molar-refractivity contribution in [1.29, 1.82) is 0 Å². The van der Waals surface area contributed by atoms with E-state index in [1.54, 1.807) is 23.1 Å². The summed E-state index contributed by atoms with van der Waals surface area (Å²) in [6.45, 7) is 1.22. The van der Waals surface area contributed by atoms with E-state index in [4.69, 9.17) is 10.5 Å². The molecule has 6 heteroatoms. The topological polar surface area (TPSA) is 84.7 Å². The summed E-state index contributed by atoms with van der Waals surface area (Å²) >= 11 is 0. The number of anilines is 1. The summed E-state index contributed by atoms with van der Waals surface area (Å²) in [5.74, 6) is 0.473. The van der Waals surface area contributed by atoms with Gasteiger partial charge in [-0.25, -0.2) is 0 Å². The van der Waals surface area contributed by atoms with Crippen molar-refractivity contribution >= 4 is 17.5 Å². The Labute approximate surface area is 123 Å². The molecule has 2 heterocycles. The Hall–Kier alpha value is -2.24. The quantitative estimate of drug-likeness (QED) is 0.782. The minimum absolute atomic E-state index is 0.0397. The van der Waals surface area contributed by atoms with Gasteiger partial charge in [0.25, 0.3) is 5.91 Å². The van der Waals surface area contributed by atoms with Crippen LogP contribution in [0.2, 0.25) is 0 Å². The van der Waals surface area contributed by atoms with Crippen molar-refractivity contribution < 1.29 is 14.3 Å². The first-order valence-corrected chi connectivity index (χ1v) is 7.14. The van der Waals surface area contributed by atoms with Gasteiger partial charge < -0.3 is 20.7 Å². The molecule has 3 rings (SSSR count). The van der Waals surface area contributed by atoms with Crippen LogP contribution in [0, 0.1) is 5.92 Å². The third-order valence-corrected chi connectivity index (χ3v) is 4.34. The van der Waals surface area contributed by atoms with Gasteiger partial charge in [-0.1, -0.05) is 0 Å². The lowest BCUT2D eigenvalue weighted by Gasteiger charge is -2.36. The lowest BCUT2D eigenvalue weighted by molar-refractivity contribution is -0.123. The summed E-state index contributed by atoms with van der Waals surface area (Å²) in [7, 11) is 1.54. The predicted octanol–water partition coefficient (Wildman–Crippen LogP) is 0.628. The summed E-state index contributed by atoms with van der Waals surface area (Å²) < 4.78 is 5.10. The molecule has 21 heavy (non-hydrogen) atoms. The molecule has 112 valence electrons. The summed E-state index contributed by atoms with van der Waals surface area (Å²) in [4.78, 5) is 26.3. The van der Waals surface area contributed by atoms with Crippen molar-refractivity contribution in [2.45, 2.75) is 18.9 Å². The summed E-state index contributed by atoms with van der Waals surface area (Å²) in [6, 6.07) is 5.00. The average Bonchev–Trinajstić information content (AvgIpc) is 2.88. The van der Waals surface area contributed by atoms with Gasteiger partial charge in [-0.2, -0.15) is 0 Å². The Kier molecular flexibility index (Phi) is 3.45. The number of ether oxygens (including phenoxy) is 1. The molecule has 1 aromatic rings. The summed E-state index contributed by atoms with van der Waals surface area (Å²) in [6.07, 6.45) is 1.71. The van der Waals surface area contributed by atoms with E-state index < -0.39 is 0 Å². The molecule has 0 spiro atoms. The van der Waals surface area contributed by atoms with Crippen LogP contribution in [-0.4, -0.2) is 43.0 Å². The van der Waals surface area contributed by atoms with Gasteiger partial charge in [0.2, 0.25) is 5.91 Å². The first kappa shape index (κ1) is 13.7. The predicted molar refractivity (Wildman–Crippen MR) is 78.0 cm³/mol. The fourth-order valence-electron chi connectivity index (χ4n) is 3.24. The molecule has 0 radical (unpaired) electrons. The van der Waals surface area contributed by atoms with Gasteiger partial charge in [-0.15, -0.1) is 0 Å². The van der Waals surface area contributed by atoms with E-state index in [9.17, 15) is 9.59 Å². The number of nitrogens with two attached hydrogens (primary N) is 1. The van der Waals surface area contributed by atoms with Crippen LogP contribution in [0.1, 0.15) is 23.2 Å². The number of rotatable bonds is 2. The lowest BCUT2D eigenvalue weighted by Crippen LogP contribution is -2.48. The number of nitrogens with one attached hydrogen (secondary N) is 1. The highest BCUT2D eigenvalue weighted by Crippen LogP contribution is 2.30. The van der Waals surface area contributed by atoms with E-state index >= 15 is 0 Å². The first-order valence-electron chi connectivity index (χ1n) is 7.14. The number of fused-ring (bicyclic) bond motifs is 1. The average molecular weight is 289 g/mol. The minimum Gasteiger partial charge on any atom is -0.495 e. The Morgan fingerprint density at radius 2 is 2.29 bits per heavy atom. The van der Waals surface area contributed by atoms with Crippen molar-refractivity contribution in [3.8, 4) is 5.75 Å². The second-order valence-corrected chi connectivity index (χ2v) is 5.52. The number of benzene rings is 1. The molecule has 2 aliphatic rings. The molecule has 0 bridgehead atoms. The zero-order valence-electron chi connectivity index (χ0n) is 12.0. The molecule has 6 nitrogen and oxygen atoms in total. The van der Waals surface area contributed by atoms with Gasteiger partial charge >= 0.3 is 0 Å². The molecule has 0 saturated carbocycles. The van der Waals surface area contributed by atoms with Crippen LogP contribution < -0.4 is 15.8 Å². The van der Waals surface area contributed by atoms with Crippen molar-refractivity contribution in [1.82, 2.24) is 10.2 Å². The van der Waals surface area contributed by atoms with E-state index in [-0.39, 0.29) is 23.8 Å². The normalized spacial score (nSPS) is 24.4. The standard InChI is InChI=1S/C15H19N3O3/c1-21-13-5-4-9(7-11(13)16)15(20)18-6-2-3-10-12(18)8-17-14(10)19/h4-5,7,10,12H,2-3,6,8,16H2,1H3,(H,17,19). The van der Waals surface area contributed by atoms with Crippen LogP contribution in [0.25, 0.3) is 0 Å². The van der Waals surface area contributed by atoms with Crippen LogP contribution in [0.4, 0.5) is 5.69 Å². The van der Waals surface area contributed by atoms with Gasteiger partial charge in [-0.05, 0) is 31.0 Å². The highest BCUT2D eigenvalue weighted by Gasteiger charge is 2.42. The highest BCUT2D eigenvalue weighted by atomic mass is 16.5. The number of hydrogen-bond donors (Lipinski definition) is 2. The monoisotopic (exact) mass is 289 g/mol. The molecule has 0 aromatic heterocycles. The Bertz CT molecular complexity index is 588. The molecule has 2 aliphatic heterocycles. The van der Waals surface area contributed by atoms with E-state index in [0.717, 1.165) is 12.8 Å². The van der Waals surface area contributed by atoms with Gasteiger partial charge in [0.15, 0.2) is 0 Å². The Morgan fingerprint density at radius 1 is 1.48 bits per heavy atom. The molecule has 2 fully saturated rings. The second kappa shape index (κ2) is 5.27. The van der Waals surface area contributed by atoms with Gasteiger partial charge in [-0.3, -0.25) is 9.59 Å². The fraction of sp³-hybridized carbons (Fsp3) is 0.467. The SMILES string of the molecule is COc1ccc(C(=O)N2CCCC3C(=O)NCC32)cc1N. The van der Waals surface area contributed by atoms with Crippen LogP contribution in [-0.2, 0) is 4.79 Å². The fourth-order valence-corrected chi connectivity index (χ4v) is 3.24. The maximum atomic E-state index is 12.7. The number of likely N-dealkylation sites (tertiary alicyclic amines) is 1. The Morgan fingerprint density at radius 3 is 3.00 bits per heavy atom. The third kappa shape index (κ3) is 2.30. The number of nitrogens with zero attached hydrogens (tertiary/aromatic N) is 1. The number of amides is 2. The van der Waals surface area contributed by atoms with Crippen LogP contribution in [0.3, 0.4) is 0 Å². The number of carbonyl (C=O) groups is 2. The lowest BCUT2D eigenvalue weighted by atomic mass is 9.91.